The summed E-state index contributed by atoms with van der Waals surface area (Å²) in [7, 11) is 0. The van der Waals surface area contributed by atoms with E-state index in [9.17, 15) is 14.0 Å². The first kappa shape index (κ1) is 20.0. The molecule has 0 aliphatic heterocycles. The van der Waals surface area contributed by atoms with Crippen LogP contribution in [0, 0.1) is 17.7 Å². The van der Waals surface area contributed by atoms with E-state index in [1.165, 1.54) is 41.4 Å². The Morgan fingerprint density at radius 2 is 1.74 bits per heavy atom. The molecule has 0 unspecified atom stereocenters. The number of carbonyl (C=O) groups is 1. The van der Waals surface area contributed by atoms with Crippen molar-refractivity contribution in [3.05, 3.63) is 106 Å². The second kappa shape index (κ2) is 8.59. The highest BCUT2D eigenvalue weighted by Crippen LogP contribution is 2.09. The van der Waals surface area contributed by atoms with Crippen LogP contribution in [-0.2, 0) is 13.0 Å². The lowest BCUT2D eigenvalue weighted by Gasteiger charge is -2.07. The average Bonchev–Trinajstić information content (AvgIpc) is 2.78. The third kappa shape index (κ3) is 4.65. The lowest BCUT2D eigenvalue weighted by atomic mass is 10.1. The van der Waals surface area contributed by atoms with Crippen molar-refractivity contribution in [3.8, 4) is 11.8 Å². The third-order valence-corrected chi connectivity index (χ3v) is 4.69. The molecule has 0 saturated carbocycles. The van der Waals surface area contributed by atoms with Gasteiger partial charge in [-0.1, -0.05) is 30.2 Å². The standard InChI is InChI=1S/C24H16FN3O3/c25-19-10-6-16(7-11-19)2-1-3-20-12-21-22(13-26-20)27-15-28(23(21)29)14-17-4-8-18(9-5-17)24(30)31/h4-13,15H,2,14H2,(H,30,31). The Kier molecular flexibility index (Phi) is 5.54. The summed E-state index contributed by atoms with van der Waals surface area (Å²) in [6.45, 7) is 0.259. The number of hydrogen-bond donors (Lipinski definition) is 1. The lowest BCUT2D eigenvalue weighted by molar-refractivity contribution is 0.0697. The maximum atomic E-state index is 13.0. The number of fused-ring (bicyclic) bond motifs is 1. The number of aromatic nitrogens is 3. The van der Waals surface area contributed by atoms with Gasteiger partial charge in [0.15, 0.2) is 0 Å². The van der Waals surface area contributed by atoms with Crippen LogP contribution in [0.15, 0.2) is 71.9 Å². The maximum absolute atomic E-state index is 13.0. The van der Waals surface area contributed by atoms with Gasteiger partial charge in [-0.2, -0.15) is 0 Å². The van der Waals surface area contributed by atoms with Gasteiger partial charge in [0.05, 0.1) is 35.5 Å². The van der Waals surface area contributed by atoms with Gasteiger partial charge < -0.3 is 5.11 Å². The van der Waals surface area contributed by atoms with E-state index in [0.29, 0.717) is 23.0 Å². The Bertz CT molecular complexity index is 1380. The molecule has 31 heavy (non-hydrogen) atoms. The SMILES string of the molecule is O=C(O)c1ccc(Cn2cnc3cnc(C#CCc4ccc(F)cc4)cc3c2=O)cc1. The minimum absolute atomic E-state index is 0.183. The van der Waals surface area contributed by atoms with Crippen LogP contribution in [-0.4, -0.2) is 25.6 Å². The number of halogens is 1. The number of nitrogens with zero attached hydrogens (tertiary/aromatic N) is 3. The number of hydrogen-bond acceptors (Lipinski definition) is 4. The molecule has 0 spiro atoms. The number of benzene rings is 2. The van der Waals surface area contributed by atoms with Crippen molar-refractivity contribution >= 4 is 16.9 Å². The van der Waals surface area contributed by atoms with Gasteiger partial charge in [-0.15, -0.1) is 0 Å². The summed E-state index contributed by atoms with van der Waals surface area (Å²) in [5.41, 5.74) is 2.51. The molecule has 152 valence electrons. The summed E-state index contributed by atoms with van der Waals surface area (Å²) in [6.07, 6.45) is 3.38. The molecule has 0 aliphatic rings. The quantitative estimate of drug-likeness (QED) is 0.519. The Labute approximate surface area is 176 Å². The molecule has 1 N–H and O–H groups in total. The summed E-state index contributed by atoms with van der Waals surface area (Å²) in [5.74, 6) is 4.61. The highest BCUT2D eigenvalue weighted by Gasteiger charge is 2.07. The smallest absolute Gasteiger partial charge is 0.335 e. The van der Waals surface area contributed by atoms with Crippen molar-refractivity contribution < 1.29 is 14.3 Å². The predicted octanol–water partition coefficient (Wildman–Crippen LogP) is 3.27. The monoisotopic (exact) mass is 413 g/mol. The van der Waals surface area contributed by atoms with E-state index in [1.54, 1.807) is 30.3 Å². The van der Waals surface area contributed by atoms with Gasteiger partial charge in [-0.25, -0.2) is 19.2 Å². The number of pyridine rings is 1. The summed E-state index contributed by atoms with van der Waals surface area (Å²) in [6, 6.07) is 14.0. The van der Waals surface area contributed by atoms with Crippen LogP contribution in [0.3, 0.4) is 0 Å². The molecule has 6 nitrogen and oxygen atoms in total. The highest BCUT2D eigenvalue weighted by atomic mass is 19.1. The van der Waals surface area contributed by atoms with E-state index in [-0.39, 0.29) is 23.5 Å². The van der Waals surface area contributed by atoms with Gasteiger partial charge in [0.2, 0.25) is 0 Å². The second-order valence-electron chi connectivity index (χ2n) is 6.87. The van der Waals surface area contributed by atoms with E-state index in [2.05, 4.69) is 21.8 Å². The Hall–Kier alpha value is -4.31. The molecule has 0 saturated heterocycles. The molecule has 7 heteroatoms. The molecule has 0 bridgehead atoms. The van der Waals surface area contributed by atoms with E-state index in [4.69, 9.17) is 5.11 Å². The molecular formula is C24H16FN3O3. The van der Waals surface area contributed by atoms with Crippen molar-refractivity contribution in [2.75, 3.05) is 0 Å². The van der Waals surface area contributed by atoms with E-state index in [0.717, 1.165) is 11.1 Å². The first-order chi connectivity index (χ1) is 15.0. The fraction of sp³-hybridized carbons (Fsp3) is 0.0833. The fourth-order valence-electron chi connectivity index (χ4n) is 3.03. The van der Waals surface area contributed by atoms with Crippen LogP contribution in [0.25, 0.3) is 10.9 Å². The van der Waals surface area contributed by atoms with Crippen LogP contribution in [0.2, 0.25) is 0 Å². The van der Waals surface area contributed by atoms with Crippen LogP contribution >= 0.6 is 0 Å². The highest BCUT2D eigenvalue weighted by molar-refractivity contribution is 5.87. The van der Waals surface area contributed by atoms with Crippen LogP contribution in [0.1, 0.15) is 27.2 Å². The fourth-order valence-corrected chi connectivity index (χ4v) is 3.03. The third-order valence-electron chi connectivity index (χ3n) is 4.69. The molecule has 2 aromatic carbocycles. The topological polar surface area (TPSA) is 85.1 Å². The zero-order valence-corrected chi connectivity index (χ0v) is 16.2. The van der Waals surface area contributed by atoms with E-state index >= 15 is 0 Å². The van der Waals surface area contributed by atoms with E-state index < -0.39 is 5.97 Å². The summed E-state index contributed by atoms with van der Waals surface area (Å²) < 4.78 is 14.4. The van der Waals surface area contributed by atoms with Crippen molar-refractivity contribution in [2.24, 2.45) is 0 Å². The van der Waals surface area contributed by atoms with E-state index in [1.807, 2.05) is 0 Å². The maximum Gasteiger partial charge on any atom is 0.335 e. The Balaban J connectivity index is 1.58. The van der Waals surface area contributed by atoms with Crippen LogP contribution < -0.4 is 5.56 Å². The summed E-state index contributed by atoms with van der Waals surface area (Å²) in [5, 5.41) is 9.39. The molecule has 4 aromatic rings. The van der Waals surface area contributed by atoms with Gasteiger partial charge in [-0.3, -0.25) is 9.36 Å². The average molecular weight is 413 g/mol. The van der Waals surface area contributed by atoms with Gasteiger partial charge in [0.25, 0.3) is 5.56 Å². The molecule has 0 amide bonds. The molecule has 2 aromatic heterocycles. The summed E-state index contributed by atoms with van der Waals surface area (Å²) in [4.78, 5) is 32.4. The molecule has 0 fully saturated rings. The van der Waals surface area contributed by atoms with Gasteiger partial charge in [0.1, 0.15) is 11.5 Å². The minimum atomic E-state index is -1.00. The Morgan fingerprint density at radius 3 is 2.45 bits per heavy atom. The summed E-state index contributed by atoms with van der Waals surface area (Å²) >= 11 is 0. The first-order valence-electron chi connectivity index (χ1n) is 9.40. The normalized spacial score (nSPS) is 10.5. The van der Waals surface area contributed by atoms with Crippen molar-refractivity contribution in [3.63, 3.8) is 0 Å². The zero-order chi connectivity index (χ0) is 21.8. The van der Waals surface area contributed by atoms with Gasteiger partial charge in [-0.05, 0) is 47.4 Å². The molecule has 2 heterocycles. The van der Waals surface area contributed by atoms with Crippen molar-refractivity contribution in [2.45, 2.75) is 13.0 Å². The van der Waals surface area contributed by atoms with Crippen molar-refractivity contribution in [1.29, 1.82) is 0 Å². The molecule has 4 rings (SSSR count). The van der Waals surface area contributed by atoms with Crippen LogP contribution in [0.4, 0.5) is 4.39 Å². The van der Waals surface area contributed by atoms with Gasteiger partial charge >= 0.3 is 5.97 Å². The molecule has 0 atom stereocenters. The Morgan fingerprint density at radius 1 is 1.03 bits per heavy atom. The predicted molar refractivity (Wildman–Crippen MR) is 113 cm³/mol. The first-order valence-corrected chi connectivity index (χ1v) is 9.40. The lowest BCUT2D eigenvalue weighted by Crippen LogP contribution is -2.21. The van der Waals surface area contributed by atoms with Gasteiger partial charge in [0, 0.05) is 6.42 Å². The number of rotatable bonds is 4. The number of carboxylic acid groups (broad SMARTS) is 1. The second-order valence-corrected chi connectivity index (χ2v) is 6.87. The van der Waals surface area contributed by atoms with Crippen LogP contribution in [0.5, 0.6) is 0 Å². The molecular weight excluding hydrogens is 397 g/mol. The largest absolute Gasteiger partial charge is 0.478 e. The number of aromatic carboxylic acids is 1. The molecule has 0 radical (unpaired) electrons. The number of carboxylic acids is 1. The minimum Gasteiger partial charge on any atom is -0.478 e. The zero-order valence-electron chi connectivity index (χ0n) is 16.2. The van der Waals surface area contributed by atoms with Crippen molar-refractivity contribution in [1.82, 2.24) is 14.5 Å². The molecule has 0 aliphatic carbocycles.